The lowest BCUT2D eigenvalue weighted by atomic mass is 9.92. The molecule has 0 heterocycles. The van der Waals surface area contributed by atoms with Crippen molar-refractivity contribution in [2.45, 2.75) is 47.0 Å². The molecule has 0 aromatic heterocycles. The summed E-state index contributed by atoms with van der Waals surface area (Å²) in [5.74, 6) is -0.354. The maximum atomic E-state index is 11.3. The van der Waals surface area contributed by atoms with E-state index in [0.717, 1.165) is 26.2 Å². The molecule has 0 aromatic carbocycles. The minimum atomic E-state index is -0.833. The number of carbonyl (C=O) groups is 2. The van der Waals surface area contributed by atoms with Crippen molar-refractivity contribution in [3.8, 4) is 0 Å². The lowest BCUT2D eigenvalue weighted by Gasteiger charge is -2.15. The van der Waals surface area contributed by atoms with Crippen LogP contribution in [0.25, 0.3) is 0 Å². The zero-order chi connectivity index (χ0) is 13.8. The number of rotatable bonds is 6. The molecule has 0 radical (unpaired) electrons. The van der Waals surface area contributed by atoms with E-state index in [-0.39, 0.29) is 11.9 Å². The van der Waals surface area contributed by atoms with Gasteiger partial charge < -0.3 is 9.84 Å². The zero-order valence-corrected chi connectivity index (χ0v) is 11.2. The number of carbonyl (C=O) groups excluding carboxylic acids is 1. The number of aliphatic carboxylic acids is 1. The molecule has 0 aliphatic rings. The standard InChI is InChI=1S/C11H20O2.C2H4O2/c1-5-9(4)8-10(6-2)11(12)13-7-3;1-2(3)4/h7,9-10H,3,5-6,8H2,1-2,4H3;1H3,(H,3,4). The molecule has 0 aliphatic carbocycles. The van der Waals surface area contributed by atoms with Crippen molar-refractivity contribution in [3.05, 3.63) is 12.8 Å². The topological polar surface area (TPSA) is 63.6 Å². The highest BCUT2D eigenvalue weighted by Gasteiger charge is 2.19. The van der Waals surface area contributed by atoms with Crippen molar-refractivity contribution in [3.63, 3.8) is 0 Å². The highest BCUT2D eigenvalue weighted by molar-refractivity contribution is 5.72. The SMILES string of the molecule is C=COC(=O)C(CC)CC(C)CC.CC(=O)O. The van der Waals surface area contributed by atoms with Crippen LogP contribution in [0.4, 0.5) is 0 Å². The lowest BCUT2D eigenvalue weighted by Crippen LogP contribution is -2.17. The molecule has 0 saturated carbocycles. The van der Waals surface area contributed by atoms with Gasteiger partial charge in [0.1, 0.15) is 0 Å². The van der Waals surface area contributed by atoms with Crippen LogP contribution in [0.15, 0.2) is 12.8 Å². The Labute approximate surface area is 104 Å². The van der Waals surface area contributed by atoms with Crippen molar-refractivity contribution in [2.75, 3.05) is 0 Å². The van der Waals surface area contributed by atoms with E-state index in [1.54, 1.807) is 0 Å². The molecule has 0 fully saturated rings. The molecule has 0 rings (SSSR count). The van der Waals surface area contributed by atoms with Crippen LogP contribution in [0.3, 0.4) is 0 Å². The van der Waals surface area contributed by atoms with E-state index in [4.69, 9.17) is 14.6 Å². The Morgan fingerprint density at radius 3 is 2.12 bits per heavy atom. The predicted octanol–water partition coefficient (Wildman–Crippen LogP) is 3.23. The second kappa shape index (κ2) is 11.2. The molecule has 4 heteroatoms. The van der Waals surface area contributed by atoms with Crippen LogP contribution in [0, 0.1) is 11.8 Å². The van der Waals surface area contributed by atoms with Gasteiger partial charge in [-0.3, -0.25) is 9.59 Å². The van der Waals surface area contributed by atoms with Gasteiger partial charge in [-0.25, -0.2) is 0 Å². The third kappa shape index (κ3) is 12.6. The summed E-state index contributed by atoms with van der Waals surface area (Å²) in [4.78, 5) is 20.3. The van der Waals surface area contributed by atoms with E-state index in [2.05, 4.69) is 20.4 Å². The second-order valence-corrected chi connectivity index (χ2v) is 3.98. The first-order valence-corrected chi connectivity index (χ1v) is 5.89. The van der Waals surface area contributed by atoms with Crippen LogP contribution in [0.2, 0.25) is 0 Å². The summed E-state index contributed by atoms with van der Waals surface area (Å²) >= 11 is 0. The predicted molar refractivity (Wildman–Crippen MR) is 67.5 cm³/mol. The summed E-state index contributed by atoms with van der Waals surface area (Å²) < 4.78 is 4.77. The molecule has 1 N–H and O–H groups in total. The van der Waals surface area contributed by atoms with Crippen molar-refractivity contribution in [2.24, 2.45) is 11.8 Å². The molecule has 2 atom stereocenters. The molecule has 0 saturated heterocycles. The van der Waals surface area contributed by atoms with Crippen LogP contribution < -0.4 is 0 Å². The Balaban J connectivity index is 0. The van der Waals surface area contributed by atoms with E-state index < -0.39 is 5.97 Å². The molecule has 2 unspecified atom stereocenters. The number of carboxylic acids is 1. The van der Waals surface area contributed by atoms with Crippen LogP contribution in [-0.2, 0) is 14.3 Å². The minimum absolute atomic E-state index is 0.0351. The van der Waals surface area contributed by atoms with Gasteiger partial charge in [0.25, 0.3) is 5.97 Å². The number of hydrogen-bond acceptors (Lipinski definition) is 3. The highest BCUT2D eigenvalue weighted by atomic mass is 16.5. The summed E-state index contributed by atoms with van der Waals surface area (Å²) in [6.07, 6.45) is 4.08. The first-order valence-electron chi connectivity index (χ1n) is 5.89. The van der Waals surface area contributed by atoms with E-state index in [1.807, 2.05) is 6.92 Å². The Bertz CT molecular complexity index is 232. The average Bonchev–Trinajstić information content (AvgIpc) is 2.24. The molecule has 17 heavy (non-hydrogen) atoms. The third-order valence-corrected chi connectivity index (χ3v) is 2.41. The molecule has 0 bridgehead atoms. The molecule has 4 nitrogen and oxygen atoms in total. The molecule has 0 spiro atoms. The zero-order valence-electron chi connectivity index (χ0n) is 11.2. The van der Waals surface area contributed by atoms with Gasteiger partial charge in [0, 0.05) is 6.92 Å². The Morgan fingerprint density at radius 2 is 1.82 bits per heavy atom. The number of esters is 1. The van der Waals surface area contributed by atoms with Crippen molar-refractivity contribution >= 4 is 11.9 Å². The summed E-state index contributed by atoms with van der Waals surface area (Å²) in [6.45, 7) is 10.8. The number of carboxylic acid groups (broad SMARTS) is 1. The van der Waals surface area contributed by atoms with E-state index in [0.29, 0.717) is 5.92 Å². The smallest absolute Gasteiger partial charge is 0.313 e. The van der Waals surface area contributed by atoms with Crippen molar-refractivity contribution in [1.29, 1.82) is 0 Å². The number of hydrogen-bond donors (Lipinski definition) is 1. The van der Waals surface area contributed by atoms with E-state index in [9.17, 15) is 4.79 Å². The fourth-order valence-electron chi connectivity index (χ4n) is 1.26. The Morgan fingerprint density at radius 1 is 1.35 bits per heavy atom. The quantitative estimate of drug-likeness (QED) is 0.575. The monoisotopic (exact) mass is 244 g/mol. The van der Waals surface area contributed by atoms with Gasteiger partial charge in [-0.1, -0.05) is 33.8 Å². The largest absolute Gasteiger partial charge is 0.481 e. The van der Waals surface area contributed by atoms with Crippen molar-refractivity contribution in [1.82, 2.24) is 0 Å². The average molecular weight is 244 g/mol. The summed E-state index contributed by atoms with van der Waals surface area (Å²) in [5.41, 5.74) is 0. The van der Waals surface area contributed by atoms with Gasteiger partial charge in [-0.05, 0) is 18.8 Å². The molecular formula is C13H24O4. The maximum Gasteiger partial charge on any atom is 0.313 e. The van der Waals surface area contributed by atoms with Gasteiger partial charge in [0.15, 0.2) is 0 Å². The van der Waals surface area contributed by atoms with Gasteiger partial charge in [-0.2, -0.15) is 0 Å². The minimum Gasteiger partial charge on any atom is -0.481 e. The van der Waals surface area contributed by atoms with Crippen LogP contribution in [-0.4, -0.2) is 17.0 Å². The molecule has 0 amide bonds. The molecular weight excluding hydrogens is 220 g/mol. The fourth-order valence-corrected chi connectivity index (χ4v) is 1.26. The normalized spacial score (nSPS) is 12.7. The van der Waals surface area contributed by atoms with Crippen LogP contribution in [0.5, 0.6) is 0 Å². The third-order valence-electron chi connectivity index (χ3n) is 2.41. The van der Waals surface area contributed by atoms with Gasteiger partial charge in [0.2, 0.25) is 0 Å². The van der Waals surface area contributed by atoms with Gasteiger partial charge in [-0.15, -0.1) is 0 Å². The van der Waals surface area contributed by atoms with Crippen molar-refractivity contribution < 1.29 is 19.4 Å². The highest BCUT2D eigenvalue weighted by Crippen LogP contribution is 2.19. The first-order chi connectivity index (χ1) is 7.88. The lowest BCUT2D eigenvalue weighted by molar-refractivity contribution is -0.143. The van der Waals surface area contributed by atoms with Gasteiger partial charge in [0.05, 0.1) is 12.2 Å². The molecule has 0 aromatic rings. The number of ether oxygens (including phenoxy) is 1. The molecule has 100 valence electrons. The summed E-state index contributed by atoms with van der Waals surface area (Å²) in [6, 6.07) is 0. The second-order valence-electron chi connectivity index (χ2n) is 3.98. The summed E-state index contributed by atoms with van der Waals surface area (Å²) in [7, 11) is 0. The van der Waals surface area contributed by atoms with E-state index >= 15 is 0 Å². The maximum absolute atomic E-state index is 11.3. The first kappa shape index (κ1) is 18.1. The fraction of sp³-hybridized carbons (Fsp3) is 0.692. The Kier molecular flexibility index (Phi) is 11.9. The van der Waals surface area contributed by atoms with E-state index in [1.165, 1.54) is 6.26 Å². The Hall–Kier alpha value is -1.32. The van der Waals surface area contributed by atoms with Crippen LogP contribution in [0.1, 0.15) is 47.0 Å². The summed E-state index contributed by atoms with van der Waals surface area (Å²) in [5, 5.41) is 7.42. The van der Waals surface area contributed by atoms with Gasteiger partial charge >= 0.3 is 5.97 Å². The van der Waals surface area contributed by atoms with Crippen LogP contribution >= 0.6 is 0 Å². The molecule has 0 aliphatic heterocycles.